The van der Waals surface area contributed by atoms with E-state index in [4.69, 9.17) is 4.74 Å². The second-order valence-electron chi connectivity index (χ2n) is 4.74. The van der Waals surface area contributed by atoms with Crippen LogP contribution in [0.4, 0.5) is 0 Å². The van der Waals surface area contributed by atoms with Gasteiger partial charge in [-0.15, -0.1) is 0 Å². The molecule has 0 spiro atoms. The fraction of sp³-hybridized carbons (Fsp3) is 0.0556. The van der Waals surface area contributed by atoms with Crippen molar-refractivity contribution < 1.29 is 9.53 Å². The summed E-state index contributed by atoms with van der Waals surface area (Å²) in [6, 6.07) is 19.0. The molecule has 0 amide bonds. The first-order chi connectivity index (χ1) is 10.2. The first-order valence-corrected chi connectivity index (χ1v) is 7.35. The highest BCUT2D eigenvalue weighted by Gasteiger charge is 2.12. The monoisotopic (exact) mass is 340 g/mol. The third-order valence-corrected chi connectivity index (χ3v) is 4.12. The van der Waals surface area contributed by atoms with Crippen LogP contribution in [0.5, 0.6) is 5.75 Å². The van der Waals surface area contributed by atoms with Gasteiger partial charge in [0.15, 0.2) is 5.78 Å². The molecule has 0 N–H and O–H groups in total. The normalized spacial score (nSPS) is 10.6. The SMILES string of the molecule is COc1ccc2cc(C(=O)c3ccccc3Br)ccc2c1. The fourth-order valence-corrected chi connectivity index (χ4v) is 2.76. The molecule has 0 bridgehead atoms. The van der Waals surface area contributed by atoms with Gasteiger partial charge < -0.3 is 4.74 Å². The molecule has 3 aromatic carbocycles. The number of methoxy groups -OCH3 is 1. The maximum Gasteiger partial charge on any atom is 0.194 e. The predicted molar refractivity (Wildman–Crippen MR) is 88.1 cm³/mol. The van der Waals surface area contributed by atoms with Crippen LogP contribution in [0.25, 0.3) is 10.8 Å². The molecule has 3 aromatic rings. The zero-order chi connectivity index (χ0) is 14.8. The number of hydrogen-bond donors (Lipinski definition) is 0. The fourth-order valence-electron chi connectivity index (χ4n) is 2.29. The van der Waals surface area contributed by atoms with Crippen molar-refractivity contribution in [2.45, 2.75) is 0 Å². The third kappa shape index (κ3) is 2.69. The molecule has 0 unspecified atom stereocenters. The second-order valence-corrected chi connectivity index (χ2v) is 5.59. The smallest absolute Gasteiger partial charge is 0.194 e. The molecule has 104 valence electrons. The van der Waals surface area contributed by atoms with Crippen LogP contribution in [0.1, 0.15) is 15.9 Å². The number of carbonyl (C=O) groups excluding carboxylic acids is 1. The lowest BCUT2D eigenvalue weighted by molar-refractivity contribution is 0.103. The van der Waals surface area contributed by atoms with Gasteiger partial charge in [-0.3, -0.25) is 4.79 Å². The molecular formula is C18H13BrO2. The quantitative estimate of drug-likeness (QED) is 0.637. The Labute approximate surface area is 131 Å². The highest BCUT2D eigenvalue weighted by Crippen LogP contribution is 2.25. The Morgan fingerprint density at radius 3 is 2.43 bits per heavy atom. The van der Waals surface area contributed by atoms with Crippen LogP contribution >= 0.6 is 15.9 Å². The number of hydrogen-bond acceptors (Lipinski definition) is 2. The van der Waals surface area contributed by atoms with Gasteiger partial charge in [0.05, 0.1) is 7.11 Å². The maximum absolute atomic E-state index is 12.6. The number of ether oxygens (including phenoxy) is 1. The van der Waals surface area contributed by atoms with Gasteiger partial charge in [0.1, 0.15) is 5.75 Å². The molecule has 0 radical (unpaired) electrons. The molecule has 0 aliphatic heterocycles. The lowest BCUT2D eigenvalue weighted by Gasteiger charge is -2.06. The molecule has 0 aliphatic carbocycles. The van der Waals surface area contributed by atoms with Crippen molar-refractivity contribution in [3.8, 4) is 5.75 Å². The standard InChI is InChI=1S/C18H13BrO2/c1-21-15-9-8-12-10-14(7-6-13(12)11-15)18(20)16-4-2-3-5-17(16)19/h2-11H,1H3. The largest absolute Gasteiger partial charge is 0.497 e. The summed E-state index contributed by atoms with van der Waals surface area (Å²) < 4.78 is 6.02. The van der Waals surface area contributed by atoms with Crippen molar-refractivity contribution in [2.75, 3.05) is 7.11 Å². The molecule has 0 fully saturated rings. The van der Waals surface area contributed by atoms with Crippen LogP contribution in [0.15, 0.2) is 65.1 Å². The van der Waals surface area contributed by atoms with E-state index in [0.29, 0.717) is 11.1 Å². The molecule has 2 nitrogen and oxygen atoms in total. The Hall–Kier alpha value is -2.13. The van der Waals surface area contributed by atoms with Crippen molar-refractivity contribution in [3.05, 3.63) is 76.3 Å². The van der Waals surface area contributed by atoms with Crippen molar-refractivity contribution in [1.82, 2.24) is 0 Å². The second kappa shape index (κ2) is 5.70. The van der Waals surface area contributed by atoms with Crippen LogP contribution in [0.2, 0.25) is 0 Å². The lowest BCUT2D eigenvalue weighted by Crippen LogP contribution is -2.02. The maximum atomic E-state index is 12.6. The van der Waals surface area contributed by atoms with Crippen LogP contribution in [0.3, 0.4) is 0 Å². The van der Waals surface area contributed by atoms with Gasteiger partial charge in [-0.2, -0.15) is 0 Å². The number of benzene rings is 3. The van der Waals surface area contributed by atoms with E-state index >= 15 is 0 Å². The minimum absolute atomic E-state index is 0.0141. The Morgan fingerprint density at radius 1 is 0.952 bits per heavy atom. The predicted octanol–water partition coefficient (Wildman–Crippen LogP) is 4.84. The minimum atomic E-state index is 0.0141. The van der Waals surface area contributed by atoms with Gasteiger partial charge in [-0.25, -0.2) is 0 Å². The van der Waals surface area contributed by atoms with E-state index in [0.717, 1.165) is 21.0 Å². The number of halogens is 1. The van der Waals surface area contributed by atoms with Crippen molar-refractivity contribution in [3.63, 3.8) is 0 Å². The van der Waals surface area contributed by atoms with Gasteiger partial charge in [-0.05, 0) is 41.1 Å². The van der Waals surface area contributed by atoms with E-state index in [1.807, 2.05) is 60.7 Å². The lowest BCUT2D eigenvalue weighted by atomic mass is 10.00. The van der Waals surface area contributed by atoms with Gasteiger partial charge in [0.2, 0.25) is 0 Å². The Balaban J connectivity index is 2.05. The summed E-state index contributed by atoms with van der Waals surface area (Å²) in [5.41, 5.74) is 1.35. The van der Waals surface area contributed by atoms with E-state index in [1.54, 1.807) is 7.11 Å². The molecule has 0 aliphatic rings. The summed E-state index contributed by atoms with van der Waals surface area (Å²) in [6.07, 6.45) is 0. The summed E-state index contributed by atoms with van der Waals surface area (Å²) in [6.45, 7) is 0. The van der Waals surface area contributed by atoms with E-state index < -0.39 is 0 Å². The van der Waals surface area contributed by atoms with Crippen molar-refractivity contribution >= 4 is 32.5 Å². The number of rotatable bonds is 3. The van der Waals surface area contributed by atoms with Crippen LogP contribution < -0.4 is 4.74 Å². The molecule has 3 rings (SSSR count). The molecular weight excluding hydrogens is 328 g/mol. The average Bonchev–Trinajstić information content (AvgIpc) is 2.53. The van der Waals surface area contributed by atoms with Crippen molar-refractivity contribution in [2.24, 2.45) is 0 Å². The zero-order valence-corrected chi connectivity index (χ0v) is 13.1. The van der Waals surface area contributed by atoms with E-state index in [2.05, 4.69) is 15.9 Å². The summed E-state index contributed by atoms with van der Waals surface area (Å²) in [5, 5.41) is 2.08. The first kappa shape index (κ1) is 13.8. The van der Waals surface area contributed by atoms with Gasteiger partial charge in [0.25, 0.3) is 0 Å². The Bertz CT molecular complexity index is 824. The first-order valence-electron chi connectivity index (χ1n) is 6.56. The molecule has 0 saturated heterocycles. The molecule has 0 aromatic heterocycles. The van der Waals surface area contributed by atoms with Crippen LogP contribution in [0, 0.1) is 0 Å². The number of ketones is 1. The Morgan fingerprint density at radius 2 is 1.67 bits per heavy atom. The summed E-state index contributed by atoms with van der Waals surface area (Å²) in [4.78, 5) is 12.6. The molecule has 3 heteroatoms. The van der Waals surface area contributed by atoms with E-state index in [1.165, 1.54) is 0 Å². The molecule has 0 saturated carbocycles. The minimum Gasteiger partial charge on any atom is -0.497 e. The topological polar surface area (TPSA) is 26.3 Å². The van der Waals surface area contributed by atoms with Gasteiger partial charge in [-0.1, -0.05) is 46.3 Å². The van der Waals surface area contributed by atoms with E-state index in [9.17, 15) is 4.79 Å². The summed E-state index contributed by atoms with van der Waals surface area (Å²) >= 11 is 3.43. The third-order valence-electron chi connectivity index (χ3n) is 3.43. The highest BCUT2D eigenvalue weighted by molar-refractivity contribution is 9.10. The average molecular weight is 341 g/mol. The van der Waals surface area contributed by atoms with Crippen LogP contribution in [-0.2, 0) is 0 Å². The van der Waals surface area contributed by atoms with Crippen LogP contribution in [-0.4, -0.2) is 12.9 Å². The number of carbonyl (C=O) groups is 1. The van der Waals surface area contributed by atoms with E-state index in [-0.39, 0.29) is 5.78 Å². The zero-order valence-electron chi connectivity index (χ0n) is 11.5. The molecule has 21 heavy (non-hydrogen) atoms. The van der Waals surface area contributed by atoms with Gasteiger partial charge >= 0.3 is 0 Å². The molecule has 0 atom stereocenters. The Kier molecular flexibility index (Phi) is 3.76. The highest BCUT2D eigenvalue weighted by atomic mass is 79.9. The van der Waals surface area contributed by atoms with Gasteiger partial charge in [0, 0.05) is 15.6 Å². The number of fused-ring (bicyclic) bond motifs is 1. The summed E-state index contributed by atoms with van der Waals surface area (Å²) in [5.74, 6) is 0.826. The summed E-state index contributed by atoms with van der Waals surface area (Å²) in [7, 11) is 1.64. The molecule has 0 heterocycles. The van der Waals surface area contributed by atoms with Crippen molar-refractivity contribution in [1.29, 1.82) is 0 Å².